The zero-order chi connectivity index (χ0) is 17.8. The molecular weight excluding hydrogens is 328 g/mol. The van der Waals surface area contributed by atoms with Crippen LogP contribution >= 0.6 is 0 Å². The molecule has 1 atom stereocenters. The van der Waals surface area contributed by atoms with E-state index in [4.69, 9.17) is 13.3 Å². The van der Waals surface area contributed by atoms with Gasteiger partial charge in [0.05, 0.1) is 12.3 Å². The Morgan fingerprint density at radius 2 is 1.62 bits per heavy atom. The summed E-state index contributed by atoms with van der Waals surface area (Å²) >= 11 is 0. The van der Waals surface area contributed by atoms with Gasteiger partial charge in [0.15, 0.2) is 0 Å². The second-order valence-corrected chi connectivity index (χ2v) is 9.09. The molecule has 0 bridgehead atoms. The summed E-state index contributed by atoms with van der Waals surface area (Å²) in [7, 11) is 2.54. The van der Waals surface area contributed by atoms with Crippen LogP contribution in [0.3, 0.4) is 0 Å². The van der Waals surface area contributed by atoms with Gasteiger partial charge in [-0.3, -0.25) is 9.59 Å². The normalized spacial score (nSPS) is 18.5. The number of carbonyl (C=O) groups is 2. The average Bonchev–Trinajstić information content (AvgIpc) is 2.91. The smallest absolute Gasteiger partial charge is 0.393 e. The zero-order valence-electron chi connectivity index (χ0n) is 15.0. The molecule has 0 N–H and O–H groups in total. The molecule has 7 heteroatoms. The minimum absolute atomic E-state index is 0.221. The Morgan fingerprint density at radius 3 is 2.21 bits per heavy atom. The van der Waals surface area contributed by atoms with Gasteiger partial charge < -0.3 is 18.0 Å². The van der Waals surface area contributed by atoms with Gasteiger partial charge >= 0.3 is 20.7 Å². The first kappa shape index (κ1) is 21.0. The number of carbonyl (C=O) groups excluding carboxylic acids is 2. The summed E-state index contributed by atoms with van der Waals surface area (Å²) in [6.07, 6.45) is 11.6. The molecule has 1 aliphatic rings. The van der Waals surface area contributed by atoms with Gasteiger partial charge in [0.25, 0.3) is 0 Å². The lowest BCUT2D eigenvalue weighted by molar-refractivity contribution is -0.153. The van der Waals surface area contributed by atoms with Gasteiger partial charge in [0.1, 0.15) is 0 Å². The fourth-order valence-corrected chi connectivity index (χ4v) is 4.57. The second kappa shape index (κ2) is 11.5. The van der Waals surface area contributed by atoms with Crippen LogP contribution in [0.25, 0.3) is 0 Å². The number of esters is 2. The summed E-state index contributed by atoms with van der Waals surface area (Å²) in [5, 5.41) is 0. The molecule has 0 aromatic carbocycles. The molecule has 138 valence electrons. The van der Waals surface area contributed by atoms with E-state index in [9.17, 15) is 9.59 Å². The van der Waals surface area contributed by atoms with Crippen molar-refractivity contribution in [3.8, 4) is 0 Å². The molecule has 0 aromatic heterocycles. The standard InChI is InChI=1S/C17H30O6Si/c1-20-24(21-2,22-3)13-11-9-7-5-4-6-8-10-12-15-14-16(18)23-17(15)19/h8,10,15H,4-7,9,11-14H2,1-3H3. The van der Waals surface area contributed by atoms with Gasteiger partial charge in [-0.25, -0.2) is 0 Å². The maximum absolute atomic E-state index is 11.3. The topological polar surface area (TPSA) is 71.1 Å². The van der Waals surface area contributed by atoms with Crippen LogP contribution in [-0.4, -0.2) is 42.1 Å². The molecule has 1 fully saturated rings. The number of cyclic esters (lactones) is 2. The van der Waals surface area contributed by atoms with Gasteiger partial charge in [0, 0.05) is 27.4 Å². The molecule has 0 amide bonds. The Balaban J connectivity index is 2.00. The van der Waals surface area contributed by atoms with E-state index in [0.29, 0.717) is 6.42 Å². The average molecular weight is 359 g/mol. The van der Waals surface area contributed by atoms with Crippen LogP contribution in [0.5, 0.6) is 0 Å². The number of allylic oxidation sites excluding steroid dienone is 2. The Hall–Kier alpha value is -1.02. The number of hydrogen-bond acceptors (Lipinski definition) is 6. The van der Waals surface area contributed by atoms with Crippen molar-refractivity contribution in [2.45, 2.75) is 57.4 Å². The summed E-state index contributed by atoms with van der Waals surface area (Å²) in [6.45, 7) is 0. The second-order valence-electron chi connectivity index (χ2n) is 6.00. The highest BCUT2D eigenvalue weighted by Gasteiger charge is 2.36. The third-order valence-corrected chi connectivity index (χ3v) is 7.17. The molecular formula is C17H30O6Si. The SMILES string of the molecule is CO[Si](CCCCCCCC=CCC1CC(=O)OC1=O)(OC)OC. The van der Waals surface area contributed by atoms with E-state index in [0.717, 1.165) is 31.7 Å². The van der Waals surface area contributed by atoms with Crippen LogP contribution in [0.4, 0.5) is 0 Å². The molecule has 1 rings (SSSR count). The van der Waals surface area contributed by atoms with Gasteiger partial charge in [-0.1, -0.05) is 31.4 Å². The van der Waals surface area contributed by atoms with E-state index in [1.165, 1.54) is 12.8 Å². The lowest BCUT2D eigenvalue weighted by atomic mass is 10.0. The molecule has 1 saturated heterocycles. The molecule has 24 heavy (non-hydrogen) atoms. The lowest BCUT2D eigenvalue weighted by Gasteiger charge is -2.24. The first-order chi connectivity index (χ1) is 11.6. The summed E-state index contributed by atoms with van der Waals surface area (Å²) < 4.78 is 20.7. The van der Waals surface area contributed by atoms with Crippen molar-refractivity contribution in [3.05, 3.63) is 12.2 Å². The van der Waals surface area contributed by atoms with E-state index in [2.05, 4.69) is 10.8 Å². The number of hydrogen-bond donors (Lipinski definition) is 0. The van der Waals surface area contributed by atoms with Crippen molar-refractivity contribution in [2.24, 2.45) is 5.92 Å². The minimum atomic E-state index is -2.40. The number of unbranched alkanes of at least 4 members (excludes halogenated alkanes) is 5. The van der Waals surface area contributed by atoms with Gasteiger partial charge in [-0.05, 0) is 25.7 Å². The van der Waals surface area contributed by atoms with Crippen molar-refractivity contribution in [1.82, 2.24) is 0 Å². The highest BCUT2D eigenvalue weighted by molar-refractivity contribution is 6.60. The third kappa shape index (κ3) is 7.25. The molecule has 0 saturated carbocycles. The van der Waals surface area contributed by atoms with Crippen LogP contribution in [0.1, 0.15) is 51.4 Å². The lowest BCUT2D eigenvalue weighted by Crippen LogP contribution is -2.42. The van der Waals surface area contributed by atoms with Crippen molar-refractivity contribution < 1.29 is 27.6 Å². The Bertz CT molecular complexity index is 411. The van der Waals surface area contributed by atoms with Gasteiger partial charge in [-0.2, -0.15) is 0 Å². The van der Waals surface area contributed by atoms with Crippen molar-refractivity contribution in [2.75, 3.05) is 21.3 Å². The van der Waals surface area contributed by atoms with Crippen LogP contribution in [0.15, 0.2) is 12.2 Å². The van der Waals surface area contributed by atoms with Crippen molar-refractivity contribution in [3.63, 3.8) is 0 Å². The van der Waals surface area contributed by atoms with E-state index >= 15 is 0 Å². The minimum Gasteiger partial charge on any atom is -0.393 e. The molecule has 1 heterocycles. The summed E-state index contributed by atoms with van der Waals surface area (Å²) in [5.74, 6) is -1.06. The van der Waals surface area contributed by atoms with Gasteiger partial charge in [-0.15, -0.1) is 0 Å². The first-order valence-corrected chi connectivity index (χ1v) is 10.5. The van der Waals surface area contributed by atoms with E-state index in [1.54, 1.807) is 21.3 Å². The summed E-state index contributed by atoms with van der Waals surface area (Å²) in [4.78, 5) is 22.2. The number of rotatable bonds is 13. The summed E-state index contributed by atoms with van der Waals surface area (Å²) in [5.41, 5.74) is 0. The largest absolute Gasteiger partial charge is 0.500 e. The van der Waals surface area contributed by atoms with E-state index < -0.39 is 14.8 Å². The fraction of sp³-hybridized carbons (Fsp3) is 0.765. The van der Waals surface area contributed by atoms with Crippen LogP contribution in [-0.2, 0) is 27.6 Å². The van der Waals surface area contributed by atoms with Crippen LogP contribution in [0, 0.1) is 5.92 Å². The molecule has 0 aromatic rings. The highest BCUT2D eigenvalue weighted by atomic mass is 28.4. The highest BCUT2D eigenvalue weighted by Crippen LogP contribution is 2.20. The van der Waals surface area contributed by atoms with Crippen molar-refractivity contribution in [1.29, 1.82) is 0 Å². The van der Waals surface area contributed by atoms with E-state index in [-0.39, 0.29) is 18.3 Å². The predicted molar refractivity (Wildman–Crippen MR) is 92.3 cm³/mol. The maximum atomic E-state index is 11.3. The molecule has 1 aliphatic heterocycles. The summed E-state index contributed by atoms with van der Waals surface area (Å²) in [6, 6.07) is 0.854. The van der Waals surface area contributed by atoms with Crippen molar-refractivity contribution >= 4 is 20.7 Å². The number of ether oxygens (including phenoxy) is 1. The molecule has 6 nitrogen and oxygen atoms in total. The Kier molecular flexibility index (Phi) is 10.1. The fourth-order valence-electron chi connectivity index (χ4n) is 2.77. The zero-order valence-corrected chi connectivity index (χ0v) is 16.0. The van der Waals surface area contributed by atoms with Crippen LogP contribution in [0.2, 0.25) is 6.04 Å². The van der Waals surface area contributed by atoms with Crippen LogP contribution < -0.4 is 0 Å². The molecule has 1 unspecified atom stereocenters. The van der Waals surface area contributed by atoms with E-state index in [1.807, 2.05) is 6.08 Å². The maximum Gasteiger partial charge on any atom is 0.500 e. The molecule has 0 spiro atoms. The quantitative estimate of drug-likeness (QED) is 0.165. The monoisotopic (exact) mass is 358 g/mol. The first-order valence-electron chi connectivity index (χ1n) is 8.62. The predicted octanol–water partition coefficient (Wildman–Crippen LogP) is 3.24. The molecule has 0 radical (unpaired) electrons. The molecule has 0 aliphatic carbocycles. The Labute approximate surface area is 145 Å². The third-order valence-electron chi connectivity index (χ3n) is 4.33. The Morgan fingerprint density at radius 1 is 1.00 bits per heavy atom. The van der Waals surface area contributed by atoms with Gasteiger partial charge in [0.2, 0.25) is 0 Å².